The molecule has 0 spiro atoms. The van der Waals surface area contributed by atoms with E-state index in [4.69, 9.17) is 8.83 Å². The first-order valence-corrected chi connectivity index (χ1v) is 42.4. The second kappa shape index (κ2) is 27.6. The summed E-state index contributed by atoms with van der Waals surface area (Å²) in [5, 5.41) is 6.99. The lowest BCUT2D eigenvalue weighted by atomic mass is 9.81. The molecular formula is C118H80N2O2. The first-order chi connectivity index (χ1) is 60.0. The zero-order valence-electron chi connectivity index (χ0n) is 68.0. The summed E-state index contributed by atoms with van der Waals surface area (Å²) >= 11 is 0. The van der Waals surface area contributed by atoms with Crippen molar-refractivity contribution in [3.05, 3.63) is 435 Å². The molecule has 0 radical (unpaired) electrons. The van der Waals surface area contributed by atoms with Crippen LogP contribution in [0, 0.1) is 0 Å². The van der Waals surface area contributed by atoms with E-state index < -0.39 is 0 Å². The van der Waals surface area contributed by atoms with Crippen LogP contribution in [0.25, 0.3) is 188 Å². The van der Waals surface area contributed by atoms with E-state index in [1.165, 1.54) is 111 Å². The number of hydrogen-bond acceptors (Lipinski definition) is 4. The summed E-state index contributed by atoms with van der Waals surface area (Å²) in [4.78, 5) is 4.90. The normalized spacial score (nSPS) is 13.0. The van der Waals surface area contributed by atoms with Crippen LogP contribution < -0.4 is 9.80 Å². The highest BCUT2D eigenvalue weighted by Crippen LogP contribution is 2.57. The highest BCUT2D eigenvalue weighted by molar-refractivity contribution is 6.20. The molecular weight excluding hydrogens is 1480 g/mol. The largest absolute Gasteiger partial charge is 0.455 e. The predicted molar refractivity (Wildman–Crippen MR) is 511 cm³/mol. The van der Waals surface area contributed by atoms with Crippen LogP contribution in [0.2, 0.25) is 0 Å². The van der Waals surface area contributed by atoms with E-state index in [9.17, 15) is 0 Å². The van der Waals surface area contributed by atoms with Crippen LogP contribution in [0.1, 0.15) is 49.9 Å². The maximum absolute atomic E-state index is 6.81. The average molecular weight is 1560 g/mol. The van der Waals surface area contributed by atoms with Crippen molar-refractivity contribution in [2.24, 2.45) is 0 Å². The van der Waals surface area contributed by atoms with Crippen LogP contribution in [0.15, 0.2) is 421 Å². The van der Waals surface area contributed by atoms with Gasteiger partial charge in [0.1, 0.15) is 22.3 Å². The topological polar surface area (TPSA) is 32.8 Å². The van der Waals surface area contributed by atoms with Crippen LogP contribution in [-0.4, -0.2) is 0 Å². The molecule has 0 fully saturated rings. The molecule has 24 rings (SSSR count). The second-order valence-corrected chi connectivity index (χ2v) is 34.2. The SMILES string of the molecule is CC1(C)c2cc(-c3cccc(-c4ccc5c(c4)-c4ccc(N(c6ccc(-c7ccc(-c8cccc9c8oc8ccccc89)cc7)cc6)c6ccc7c(c6)C(C)(C)c6cc(-c8ccccc8)ccc6-7)c6cccc-5c46)c3)ccc2-c2ccc(N(c3ccccc3)c3ccc(-c4ccc(-c5cccc6c5oc5c(-c7ccccc7)cccc56)cc4)cc3)cc21. The third kappa shape index (κ3) is 11.3. The van der Waals surface area contributed by atoms with Crippen molar-refractivity contribution < 1.29 is 8.83 Å². The standard InChI is InChI=1S/C118H80N2O2/c1-117(2)107-69-84(73-21-8-5-9-22-73)52-61-95(107)98-64-59-90(72-110(98)117)120(88-56-49-77(50-57-88)75-39-43-79(44-40-75)92-31-17-34-102-99-29-14-15-38-112(99)121-114(92)102)111-66-65-101-106-68-83(51-60-94(106)100-33-20-37-105(111)113(100)101)81-25-16-26-82(67-81)85-53-62-96-97-63-58-89(71-109(97)118(3,4)108(96)70-85)119(86-27-12-7-13-28-86)87-54-47-76(48-55-87)74-41-45-80(46-42-74)93-32-19-36-104-103-35-18-30-91(115(103)122-116(93)104)78-23-10-6-11-24-78/h5-72H,1-4H3. The van der Waals surface area contributed by atoms with E-state index in [0.29, 0.717) is 0 Å². The van der Waals surface area contributed by atoms with E-state index in [0.717, 1.165) is 134 Å². The van der Waals surface area contributed by atoms with Gasteiger partial charge in [-0.3, -0.25) is 0 Å². The van der Waals surface area contributed by atoms with E-state index in [-0.39, 0.29) is 10.8 Å². The maximum Gasteiger partial charge on any atom is 0.143 e. The van der Waals surface area contributed by atoms with Crippen molar-refractivity contribution in [2.45, 2.75) is 38.5 Å². The molecule has 4 heteroatoms. The van der Waals surface area contributed by atoms with E-state index >= 15 is 0 Å². The summed E-state index contributed by atoms with van der Waals surface area (Å²) in [7, 11) is 0. The monoisotopic (exact) mass is 1560 g/mol. The molecule has 19 aromatic carbocycles. The Bertz CT molecular complexity index is 7820. The van der Waals surface area contributed by atoms with Gasteiger partial charge in [-0.05, 0) is 242 Å². The first-order valence-electron chi connectivity index (χ1n) is 42.4. The molecule has 0 N–H and O–H groups in total. The molecule has 0 unspecified atom stereocenters. The molecule has 3 aliphatic rings. The third-order valence-corrected chi connectivity index (χ3v) is 26.7. The molecule has 21 aromatic rings. The Kier molecular flexibility index (Phi) is 16.0. The third-order valence-electron chi connectivity index (χ3n) is 26.7. The van der Waals surface area contributed by atoms with Gasteiger partial charge >= 0.3 is 0 Å². The fraction of sp³-hybridized carbons (Fsp3) is 0.0508. The number of anilines is 6. The summed E-state index contributed by atoms with van der Waals surface area (Å²) in [6, 6.07) is 152. The Hall–Kier alpha value is -15.4. The van der Waals surface area contributed by atoms with Crippen LogP contribution in [-0.2, 0) is 10.8 Å². The fourth-order valence-electron chi connectivity index (χ4n) is 20.4. The molecule has 0 aliphatic heterocycles. The van der Waals surface area contributed by atoms with Crippen molar-refractivity contribution in [1.29, 1.82) is 0 Å². The molecule has 574 valence electrons. The minimum Gasteiger partial charge on any atom is -0.455 e. The van der Waals surface area contributed by atoms with Gasteiger partial charge in [0.15, 0.2) is 0 Å². The zero-order chi connectivity index (χ0) is 81.1. The van der Waals surface area contributed by atoms with E-state index in [1.807, 2.05) is 6.07 Å². The summed E-state index contributed by atoms with van der Waals surface area (Å²) in [5.74, 6) is 0. The predicted octanol–water partition coefficient (Wildman–Crippen LogP) is 33.2. The number of hydrogen-bond donors (Lipinski definition) is 0. The Balaban J connectivity index is 0.523. The molecule has 2 heterocycles. The Morgan fingerprint density at radius 2 is 0.500 bits per heavy atom. The number of nitrogens with zero attached hydrogens (tertiary/aromatic N) is 2. The van der Waals surface area contributed by atoms with Gasteiger partial charge in [0, 0.05) is 82.9 Å². The van der Waals surface area contributed by atoms with Crippen molar-refractivity contribution in [3.63, 3.8) is 0 Å². The lowest BCUT2D eigenvalue weighted by Crippen LogP contribution is -2.17. The maximum atomic E-state index is 6.81. The van der Waals surface area contributed by atoms with Gasteiger partial charge in [-0.15, -0.1) is 0 Å². The highest BCUT2D eigenvalue weighted by Gasteiger charge is 2.39. The lowest BCUT2D eigenvalue weighted by Gasteiger charge is -2.29. The van der Waals surface area contributed by atoms with Crippen LogP contribution in [0.5, 0.6) is 0 Å². The van der Waals surface area contributed by atoms with Gasteiger partial charge in [-0.25, -0.2) is 0 Å². The van der Waals surface area contributed by atoms with Gasteiger partial charge in [-0.1, -0.05) is 343 Å². The Labute approximate surface area is 709 Å². The van der Waals surface area contributed by atoms with Crippen LogP contribution in [0.3, 0.4) is 0 Å². The average Bonchev–Trinajstić information content (AvgIpc) is 1.57. The van der Waals surface area contributed by atoms with Crippen molar-refractivity contribution in [3.8, 4) is 134 Å². The van der Waals surface area contributed by atoms with Gasteiger partial charge < -0.3 is 18.6 Å². The Morgan fingerprint density at radius 3 is 1.05 bits per heavy atom. The zero-order valence-corrected chi connectivity index (χ0v) is 68.0. The van der Waals surface area contributed by atoms with Crippen molar-refractivity contribution in [1.82, 2.24) is 0 Å². The summed E-state index contributed by atoms with van der Waals surface area (Å²) in [6.45, 7) is 9.59. The van der Waals surface area contributed by atoms with E-state index in [1.54, 1.807) is 0 Å². The van der Waals surface area contributed by atoms with Crippen LogP contribution >= 0.6 is 0 Å². The quantitative estimate of drug-likeness (QED) is 0.109. The van der Waals surface area contributed by atoms with Crippen LogP contribution in [0.4, 0.5) is 34.1 Å². The lowest BCUT2D eigenvalue weighted by molar-refractivity contribution is 0.660. The first kappa shape index (κ1) is 70.8. The Morgan fingerprint density at radius 1 is 0.180 bits per heavy atom. The minimum absolute atomic E-state index is 0.256. The number of benzene rings is 19. The number of para-hydroxylation sites is 5. The fourth-order valence-corrected chi connectivity index (χ4v) is 20.4. The molecule has 0 bridgehead atoms. The van der Waals surface area contributed by atoms with Crippen molar-refractivity contribution >= 4 is 88.8 Å². The number of furan rings is 2. The smallest absolute Gasteiger partial charge is 0.143 e. The summed E-state index contributed by atoms with van der Waals surface area (Å²) < 4.78 is 13.3. The molecule has 0 atom stereocenters. The number of fused-ring (bicyclic) bond motifs is 15. The van der Waals surface area contributed by atoms with E-state index in [2.05, 4.69) is 444 Å². The minimum atomic E-state index is -0.285. The molecule has 2 aromatic heterocycles. The second-order valence-electron chi connectivity index (χ2n) is 34.2. The van der Waals surface area contributed by atoms with Gasteiger partial charge in [0.25, 0.3) is 0 Å². The van der Waals surface area contributed by atoms with Crippen molar-refractivity contribution in [2.75, 3.05) is 9.80 Å². The summed E-state index contributed by atoms with van der Waals surface area (Å²) in [5.41, 5.74) is 43.7. The highest BCUT2D eigenvalue weighted by atomic mass is 16.3. The van der Waals surface area contributed by atoms with Gasteiger partial charge in [-0.2, -0.15) is 0 Å². The van der Waals surface area contributed by atoms with Gasteiger partial charge in [0.2, 0.25) is 0 Å². The molecule has 0 amide bonds. The number of rotatable bonds is 14. The molecule has 122 heavy (non-hydrogen) atoms. The molecule has 4 nitrogen and oxygen atoms in total. The van der Waals surface area contributed by atoms with Gasteiger partial charge in [0.05, 0.1) is 5.69 Å². The molecule has 0 saturated heterocycles. The molecule has 3 aliphatic carbocycles. The summed E-state index contributed by atoms with van der Waals surface area (Å²) in [6.07, 6.45) is 0. The molecule has 0 saturated carbocycles.